The molecule has 0 fully saturated rings. The Balaban J connectivity index is 2.95. The topological polar surface area (TPSA) is 55.1 Å². The molecule has 0 aliphatic carbocycles. The zero-order chi connectivity index (χ0) is 10.6. The van der Waals surface area contributed by atoms with Crippen LogP contribution in [0.5, 0.6) is 0 Å². The van der Waals surface area contributed by atoms with Crippen LogP contribution in [0.2, 0.25) is 5.02 Å². The number of nitrogens with two attached hydrogens (primary N) is 1. The SMILES string of the molecule is CC(=O)Nc1ccc(Cl)cc1CCN. The molecule has 0 aliphatic heterocycles. The highest BCUT2D eigenvalue weighted by Crippen LogP contribution is 2.20. The van der Waals surface area contributed by atoms with Gasteiger partial charge in [0.15, 0.2) is 0 Å². The third-order valence-electron chi connectivity index (χ3n) is 1.79. The Morgan fingerprint density at radius 1 is 1.57 bits per heavy atom. The van der Waals surface area contributed by atoms with E-state index in [1.54, 1.807) is 12.1 Å². The number of hydrogen-bond acceptors (Lipinski definition) is 2. The number of rotatable bonds is 3. The van der Waals surface area contributed by atoms with E-state index in [1.807, 2.05) is 6.07 Å². The highest BCUT2D eigenvalue weighted by atomic mass is 35.5. The summed E-state index contributed by atoms with van der Waals surface area (Å²) in [5.41, 5.74) is 7.21. The Hall–Kier alpha value is -1.06. The fourth-order valence-corrected chi connectivity index (χ4v) is 1.43. The summed E-state index contributed by atoms with van der Waals surface area (Å²) in [6, 6.07) is 5.35. The van der Waals surface area contributed by atoms with E-state index in [0.29, 0.717) is 18.0 Å². The lowest BCUT2D eigenvalue weighted by Gasteiger charge is -2.09. The van der Waals surface area contributed by atoms with Crippen molar-refractivity contribution >= 4 is 23.2 Å². The van der Waals surface area contributed by atoms with Gasteiger partial charge in [0, 0.05) is 17.6 Å². The second kappa shape index (κ2) is 4.98. The van der Waals surface area contributed by atoms with Gasteiger partial charge in [0.2, 0.25) is 5.91 Å². The Morgan fingerprint density at radius 2 is 2.29 bits per heavy atom. The first-order chi connectivity index (χ1) is 6.63. The average Bonchev–Trinajstić information content (AvgIpc) is 2.09. The first-order valence-electron chi connectivity index (χ1n) is 4.39. The molecule has 0 spiro atoms. The van der Waals surface area contributed by atoms with Crippen molar-refractivity contribution in [3.63, 3.8) is 0 Å². The molecule has 1 amide bonds. The molecule has 1 rings (SSSR count). The molecule has 1 aromatic rings. The molecule has 0 aliphatic rings. The summed E-state index contributed by atoms with van der Waals surface area (Å²) in [5, 5.41) is 3.39. The highest BCUT2D eigenvalue weighted by molar-refractivity contribution is 6.30. The van der Waals surface area contributed by atoms with Crippen LogP contribution in [-0.2, 0) is 11.2 Å². The van der Waals surface area contributed by atoms with Crippen LogP contribution < -0.4 is 11.1 Å². The second-order valence-corrected chi connectivity index (χ2v) is 3.46. The van der Waals surface area contributed by atoms with Crippen molar-refractivity contribution in [3.05, 3.63) is 28.8 Å². The minimum atomic E-state index is -0.0920. The predicted molar refractivity (Wildman–Crippen MR) is 58.5 cm³/mol. The number of carbonyl (C=O) groups excluding carboxylic acids is 1. The quantitative estimate of drug-likeness (QED) is 0.803. The van der Waals surface area contributed by atoms with Crippen molar-refractivity contribution < 1.29 is 4.79 Å². The number of hydrogen-bond donors (Lipinski definition) is 2. The maximum Gasteiger partial charge on any atom is 0.221 e. The van der Waals surface area contributed by atoms with Crippen LogP contribution in [0, 0.1) is 0 Å². The molecule has 0 saturated heterocycles. The standard InChI is InChI=1S/C10H13ClN2O/c1-7(14)13-10-3-2-9(11)6-8(10)4-5-12/h2-3,6H,4-5,12H2,1H3,(H,13,14). The van der Waals surface area contributed by atoms with Crippen LogP contribution in [0.15, 0.2) is 18.2 Å². The number of nitrogens with one attached hydrogen (secondary N) is 1. The van der Waals surface area contributed by atoms with Gasteiger partial charge in [-0.3, -0.25) is 4.79 Å². The van der Waals surface area contributed by atoms with Crippen LogP contribution >= 0.6 is 11.6 Å². The van der Waals surface area contributed by atoms with Gasteiger partial charge in [-0.15, -0.1) is 0 Å². The Bertz CT molecular complexity index is 339. The van der Waals surface area contributed by atoms with E-state index in [4.69, 9.17) is 17.3 Å². The molecule has 0 radical (unpaired) electrons. The first-order valence-corrected chi connectivity index (χ1v) is 4.77. The molecule has 0 aromatic heterocycles. The first kappa shape index (κ1) is 11.0. The lowest BCUT2D eigenvalue weighted by molar-refractivity contribution is -0.114. The minimum Gasteiger partial charge on any atom is -0.330 e. The molecule has 0 atom stereocenters. The summed E-state index contributed by atoms with van der Waals surface area (Å²) in [5.74, 6) is -0.0920. The third-order valence-corrected chi connectivity index (χ3v) is 2.03. The number of amides is 1. The fourth-order valence-electron chi connectivity index (χ4n) is 1.24. The van der Waals surface area contributed by atoms with Gasteiger partial charge < -0.3 is 11.1 Å². The van der Waals surface area contributed by atoms with E-state index in [9.17, 15) is 4.79 Å². The molecule has 0 saturated carbocycles. The van der Waals surface area contributed by atoms with E-state index in [-0.39, 0.29) is 5.91 Å². The van der Waals surface area contributed by atoms with Crippen LogP contribution in [0.1, 0.15) is 12.5 Å². The molecule has 3 N–H and O–H groups in total. The Labute approximate surface area is 88.2 Å². The van der Waals surface area contributed by atoms with E-state index in [1.165, 1.54) is 6.92 Å². The molecule has 0 bridgehead atoms. The maximum absolute atomic E-state index is 10.9. The smallest absolute Gasteiger partial charge is 0.221 e. The predicted octanol–water partition coefficient (Wildman–Crippen LogP) is 1.80. The van der Waals surface area contributed by atoms with Crippen molar-refractivity contribution in [3.8, 4) is 0 Å². The Morgan fingerprint density at radius 3 is 2.86 bits per heavy atom. The summed E-state index contributed by atoms with van der Waals surface area (Å²) in [6.45, 7) is 2.01. The molecule has 76 valence electrons. The van der Waals surface area contributed by atoms with Crippen molar-refractivity contribution in [1.82, 2.24) is 0 Å². The zero-order valence-electron chi connectivity index (χ0n) is 8.01. The van der Waals surface area contributed by atoms with E-state index < -0.39 is 0 Å². The van der Waals surface area contributed by atoms with E-state index >= 15 is 0 Å². The Kier molecular flexibility index (Phi) is 3.92. The van der Waals surface area contributed by atoms with Gasteiger partial charge in [-0.1, -0.05) is 11.6 Å². The highest BCUT2D eigenvalue weighted by Gasteiger charge is 2.03. The summed E-state index contributed by atoms with van der Waals surface area (Å²) in [6.07, 6.45) is 0.705. The number of benzene rings is 1. The largest absolute Gasteiger partial charge is 0.330 e. The molecular formula is C10H13ClN2O. The molecule has 0 unspecified atom stereocenters. The number of anilines is 1. The summed E-state index contributed by atoms with van der Waals surface area (Å²) in [7, 11) is 0. The third kappa shape index (κ3) is 3.01. The monoisotopic (exact) mass is 212 g/mol. The van der Waals surface area contributed by atoms with Crippen LogP contribution in [0.4, 0.5) is 5.69 Å². The molecule has 14 heavy (non-hydrogen) atoms. The number of carbonyl (C=O) groups is 1. The van der Waals surface area contributed by atoms with Gasteiger partial charge >= 0.3 is 0 Å². The van der Waals surface area contributed by atoms with Gasteiger partial charge in [0.1, 0.15) is 0 Å². The summed E-state index contributed by atoms with van der Waals surface area (Å²) < 4.78 is 0. The molecule has 4 heteroatoms. The zero-order valence-corrected chi connectivity index (χ0v) is 8.77. The van der Waals surface area contributed by atoms with Crippen molar-refractivity contribution in [2.75, 3.05) is 11.9 Å². The van der Waals surface area contributed by atoms with Crippen LogP contribution in [-0.4, -0.2) is 12.5 Å². The molecule has 1 aromatic carbocycles. The van der Waals surface area contributed by atoms with Crippen molar-refractivity contribution in [1.29, 1.82) is 0 Å². The van der Waals surface area contributed by atoms with E-state index in [0.717, 1.165) is 11.3 Å². The van der Waals surface area contributed by atoms with Crippen molar-refractivity contribution in [2.45, 2.75) is 13.3 Å². The summed E-state index contributed by atoms with van der Waals surface area (Å²) >= 11 is 5.84. The summed E-state index contributed by atoms with van der Waals surface area (Å²) in [4.78, 5) is 10.9. The van der Waals surface area contributed by atoms with Gasteiger partial charge in [-0.05, 0) is 36.7 Å². The van der Waals surface area contributed by atoms with E-state index in [2.05, 4.69) is 5.32 Å². The molecular weight excluding hydrogens is 200 g/mol. The van der Waals surface area contributed by atoms with Crippen LogP contribution in [0.3, 0.4) is 0 Å². The van der Waals surface area contributed by atoms with Gasteiger partial charge in [0.05, 0.1) is 0 Å². The lowest BCUT2D eigenvalue weighted by atomic mass is 10.1. The maximum atomic E-state index is 10.9. The van der Waals surface area contributed by atoms with Crippen LogP contribution in [0.25, 0.3) is 0 Å². The lowest BCUT2D eigenvalue weighted by Crippen LogP contribution is -2.10. The number of halogens is 1. The van der Waals surface area contributed by atoms with Crippen molar-refractivity contribution in [2.24, 2.45) is 5.73 Å². The second-order valence-electron chi connectivity index (χ2n) is 3.02. The minimum absolute atomic E-state index is 0.0920. The van der Waals surface area contributed by atoms with Gasteiger partial charge in [-0.2, -0.15) is 0 Å². The molecule has 0 heterocycles. The average molecular weight is 213 g/mol. The van der Waals surface area contributed by atoms with Gasteiger partial charge in [-0.25, -0.2) is 0 Å². The molecule has 3 nitrogen and oxygen atoms in total. The van der Waals surface area contributed by atoms with Gasteiger partial charge in [0.25, 0.3) is 0 Å². The normalized spacial score (nSPS) is 9.93. The fraction of sp³-hybridized carbons (Fsp3) is 0.300.